The van der Waals surface area contributed by atoms with Crippen molar-refractivity contribution < 1.29 is 43.0 Å². The number of phosphoric acid groups is 1. The molecular weight excluding hydrogens is 667 g/mol. The zero-order valence-corrected chi connectivity index (χ0v) is 32.9. The van der Waals surface area contributed by atoms with Gasteiger partial charge >= 0.3 is 19.8 Å². The van der Waals surface area contributed by atoms with Crippen LogP contribution in [0.15, 0.2) is 60.8 Å². The van der Waals surface area contributed by atoms with Crippen LogP contribution in [0.3, 0.4) is 0 Å². The first-order chi connectivity index (χ1) is 24.5. The Morgan fingerprint density at radius 1 is 0.627 bits per heavy atom. The summed E-state index contributed by atoms with van der Waals surface area (Å²) in [5.41, 5.74) is 0. The van der Waals surface area contributed by atoms with Crippen LogP contribution in [0.1, 0.15) is 156 Å². The maximum atomic E-state index is 12.4. The summed E-state index contributed by atoms with van der Waals surface area (Å²) in [6, 6.07) is 0. The molecule has 0 saturated heterocycles. The lowest BCUT2D eigenvalue weighted by Gasteiger charge is -2.18. The molecule has 9 nitrogen and oxygen atoms in total. The summed E-state index contributed by atoms with van der Waals surface area (Å²) in [5, 5.41) is 10.2. The number of carbonyl (C=O) groups excluding carboxylic acids is 2. The molecule has 51 heavy (non-hydrogen) atoms. The van der Waals surface area contributed by atoms with Crippen molar-refractivity contribution in [1.29, 1.82) is 0 Å². The van der Waals surface area contributed by atoms with Crippen LogP contribution in [0.5, 0.6) is 0 Å². The van der Waals surface area contributed by atoms with Crippen molar-refractivity contribution in [2.24, 2.45) is 5.92 Å². The SMILES string of the molecule is CC/C=C\C/C=C\C/C=C\C/C=C\C=C\C(O)CCCC(=O)O[C@H](COC(=O)CCCCCCCCCCCCCCC(C)C)COP(=O)(O)O. The van der Waals surface area contributed by atoms with Crippen LogP contribution in [0.4, 0.5) is 0 Å². The van der Waals surface area contributed by atoms with Gasteiger partial charge in [0.05, 0.1) is 12.7 Å². The Kier molecular flexibility index (Phi) is 33.2. The van der Waals surface area contributed by atoms with Gasteiger partial charge in [-0.3, -0.25) is 14.1 Å². The summed E-state index contributed by atoms with van der Waals surface area (Å²) in [7, 11) is -4.81. The second-order valence-electron chi connectivity index (χ2n) is 13.6. The van der Waals surface area contributed by atoms with E-state index in [1.165, 1.54) is 57.8 Å². The van der Waals surface area contributed by atoms with E-state index in [1.54, 1.807) is 12.2 Å². The molecule has 2 atom stereocenters. The van der Waals surface area contributed by atoms with Gasteiger partial charge in [-0.05, 0) is 50.9 Å². The van der Waals surface area contributed by atoms with Crippen LogP contribution in [0.2, 0.25) is 0 Å². The zero-order valence-electron chi connectivity index (χ0n) is 32.0. The number of aliphatic hydroxyl groups is 1. The molecule has 3 N–H and O–H groups in total. The molecule has 0 aromatic rings. The Bertz CT molecular complexity index is 1040. The van der Waals surface area contributed by atoms with Gasteiger partial charge in [-0.25, -0.2) is 4.57 Å². The summed E-state index contributed by atoms with van der Waals surface area (Å²) in [5.74, 6) is -0.284. The van der Waals surface area contributed by atoms with Gasteiger partial charge in [-0.15, -0.1) is 0 Å². The highest BCUT2D eigenvalue weighted by molar-refractivity contribution is 7.46. The van der Waals surface area contributed by atoms with Gasteiger partial charge in [0.2, 0.25) is 0 Å². The second-order valence-corrected chi connectivity index (χ2v) is 14.8. The van der Waals surface area contributed by atoms with Crippen LogP contribution in [-0.4, -0.2) is 52.3 Å². The number of carbonyl (C=O) groups is 2. The number of esters is 2. The average Bonchev–Trinajstić information content (AvgIpc) is 3.07. The predicted octanol–water partition coefficient (Wildman–Crippen LogP) is 10.6. The van der Waals surface area contributed by atoms with Crippen molar-refractivity contribution in [2.45, 2.75) is 168 Å². The molecular formula is C41H71O9P. The van der Waals surface area contributed by atoms with Crippen LogP contribution in [-0.2, 0) is 28.2 Å². The molecule has 0 fully saturated rings. The van der Waals surface area contributed by atoms with E-state index in [0.29, 0.717) is 19.3 Å². The van der Waals surface area contributed by atoms with E-state index in [1.807, 2.05) is 12.2 Å². The first-order valence-electron chi connectivity index (χ1n) is 19.5. The molecule has 0 aromatic heterocycles. The molecule has 0 radical (unpaired) electrons. The van der Waals surface area contributed by atoms with E-state index in [4.69, 9.17) is 19.3 Å². The fraction of sp³-hybridized carbons (Fsp3) is 0.707. The maximum Gasteiger partial charge on any atom is 0.469 e. The normalized spacial score (nSPS) is 13.9. The number of unbranched alkanes of at least 4 members (excludes halogenated alkanes) is 11. The van der Waals surface area contributed by atoms with Crippen molar-refractivity contribution >= 4 is 19.8 Å². The topological polar surface area (TPSA) is 140 Å². The van der Waals surface area contributed by atoms with Crippen LogP contribution >= 0.6 is 7.82 Å². The standard InChI is InChI=1S/C41H71O9P/c1-4-5-6-7-8-9-10-11-15-18-21-24-27-31-38(42)32-29-34-41(44)50-39(36-49-51(45,46)47)35-48-40(43)33-28-25-22-19-16-13-12-14-17-20-23-26-30-37(2)3/h5-6,8-9,11,15,21,24,27,31,37-39,42H,4,7,10,12-14,16-20,22-23,25-26,28-30,32-36H2,1-3H3,(H2,45,46,47)/b6-5-,9-8-,15-11-,24-21-,31-27+/t38?,39-/m1/s1. The molecule has 0 saturated carbocycles. The number of rotatable bonds is 34. The van der Waals surface area contributed by atoms with E-state index in [9.17, 15) is 19.3 Å². The third-order valence-electron chi connectivity index (χ3n) is 8.08. The Hall–Kier alpha value is -2.29. The van der Waals surface area contributed by atoms with Gasteiger partial charge in [0.25, 0.3) is 0 Å². The Morgan fingerprint density at radius 2 is 1.14 bits per heavy atom. The van der Waals surface area contributed by atoms with Crippen molar-refractivity contribution in [3.8, 4) is 0 Å². The zero-order chi connectivity index (χ0) is 37.8. The summed E-state index contributed by atoms with van der Waals surface area (Å²) in [4.78, 5) is 42.8. The van der Waals surface area contributed by atoms with Gasteiger partial charge in [-0.1, -0.05) is 159 Å². The molecule has 0 aliphatic carbocycles. The fourth-order valence-electron chi connectivity index (χ4n) is 5.17. The first kappa shape index (κ1) is 48.7. The third kappa shape index (κ3) is 38.8. The summed E-state index contributed by atoms with van der Waals surface area (Å²) >= 11 is 0. The number of ether oxygens (including phenoxy) is 2. The van der Waals surface area contributed by atoms with Crippen LogP contribution < -0.4 is 0 Å². The Labute approximate surface area is 309 Å². The number of allylic oxidation sites excluding steroid dienone is 9. The summed E-state index contributed by atoms with van der Waals surface area (Å²) in [6.45, 7) is 5.72. The average molecular weight is 739 g/mol. The monoisotopic (exact) mass is 738 g/mol. The predicted molar refractivity (Wildman–Crippen MR) is 208 cm³/mol. The lowest BCUT2D eigenvalue weighted by atomic mass is 10.0. The second kappa shape index (κ2) is 34.8. The van der Waals surface area contributed by atoms with E-state index in [-0.39, 0.29) is 19.4 Å². The molecule has 0 rings (SSSR count). The number of hydrogen-bond donors (Lipinski definition) is 3. The van der Waals surface area contributed by atoms with E-state index >= 15 is 0 Å². The smallest absolute Gasteiger partial charge is 0.462 e. The number of hydrogen-bond acceptors (Lipinski definition) is 7. The van der Waals surface area contributed by atoms with Crippen molar-refractivity contribution in [1.82, 2.24) is 0 Å². The van der Waals surface area contributed by atoms with Crippen LogP contribution in [0, 0.1) is 5.92 Å². The number of phosphoric ester groups is 1. The minimum atomic E-state index is -4.81. The lowest BCUT2D eigenvalue weighted by molar-refractivity contribution is -0.161. The van der Waals surface area contributed by atoms with Gasteiger partial charge in [0, 0.05) is 12.8 Å². The van der Waals surface area contributed by atoms with Crippen molar-refractivity contribution in [3.63, 3.8) is 0 Å². The highest BCUT2D eigenvalue weighted by Gasteiger charge is 2.23. The number of aliphatic hydroxyl groups excluding tert-OH is 1. The van der Waals surface area contributed by atoms with Gasteiger partial charge in [-0.2, -0.15) is 0 Å². The van der Waals surface area contributed by atoms with E-state index in [0.717, 1.165) is 50.9 Å². The van der Waals surface area contributed by atoms with Gasteiger partial charge < -0.3 is 24.4 Å². The third-order valence-corrected chi connectivity index (χ3v) is 8.57. The molecule has 0 amide bonds. The summed E-state index contributed by atoms with van der Waals surface area (Å²) < 4.78 is 26.2. The maximum absolute atomic E-state index is 12.4. The Balaban J connectivity index is 4.17. The largest absolute Gasteiger partial charge is 0.469 e. The Morgan fingerprint density at radius 3 is 1.69 bits per heavy atom. The first-order valence-corrected chi connectivity index (χ1v) is 21.1. The molecule has 10 heteroatoms. The van der Waals surface area contributed by atoms with Gasteiger partial charge in [0.1, 0.15) is 6.61 Å². The van der Waals surface area contributed by atoms with Crippen molar-refractivity contribution in [2.75, 3.05) is 13.2 Å². The van der Waals surface area contributed by atoms with E-state index < -0.39 is 38.6 Å². The lowest BCUT2D eigenvalue weighted by Crippen LogP contribution is -2.29. The molecule has 0 heterocycles. The fourth-order valence-corrected chi connectivity index (χ4v) is 5.53. The molecule has 0 aromatic carbocycles. The molecule has 294 valence electrons. The molecule has 0 bridgehead atoms. The molecule has 0 aliphatic rings. The molecule has 1 unspecified atom stereocenters. The minimum Gasteiger partial charge on any atom is -0.462 e. The van der Waals surface area contributed by atoms with Crippen molar-refractivity contribution in [3.05, 3.63) is 60.8 Å². The highest BCUT2D eigenvalue weighted by atomic mass is 31.2. The highest BCUT2D eigenvalue weighted by Crippen LogP contribution is 2.36. The van der Waals surface area contributed by atoms with Crippen LogP contribution in [0.25, 0.3) is 0 Å². The van der Waals surface area contributed by atoms with Gasteiger partial charge in [0.15, 0.2) is 6.10 Å². The minimum absolute atomic E-state index is 0.0202. The molecule has 0 spiro atoms. The van der Waals surface area contributed by atoms with E-state index in [2.05, 4.69) is 61.8 Å². The quantitative estimate of drug-likeness (QED) is 0.0193. The molecule has 0 aliphatic heterocycles. The summed E-state index contributed by atoms with van der Waals surface area (Å²) in [6.07, 6.45) is 38.4.